The van der Waals surface area contributed by atoms with Gasteiger partial charge in [0.2, 0.25) is 0 Å². The first kappa shape index (κ1) is 35.4. The molecule has 17 heteroatoms. The maximum Gasteiger partial charge on any atom is 0.418 e. The number of aromatic nitrogens is 4. The van der Waals surface area contributed by atoms with E-state index in [-0.39, 0.29) is 31.6 Å². The van der Waals surface area contributed by atoms with E-state index in [0.29, 0.717) is 73.7 Å². The van der Waals surface area contributed by atoms with Crippen molar-refractivity contribution in [3.05, 3.63) is 68.1 Å². The maximum atomic E-state index is 15.5. The standard InChI is InChI=1S/C34H38ClF5N8O3/c1-18-24-15-46(7-5-9-48(24)44-29(18)31(49)45(2)3)30-20-16-50-25(26-27(34(38,39)40)21(35)10-22(41)28(26)37)11-23(20)42-32(43-30)51-17-33-6-4-8-47(33)14-19(12-33)13-36/h10,13,25H,4-9,11-12,14-17,41H2,1-3H3/b19-13-/t25-,33-/m0/s1. The van der Waals surface area contributed by atoms with Crippen molar-refractivity contribution in [3.63, 3.8) is 0 Å². The fraction of sp³-hybridized carbons (Fsp3) is 0.529. The third kappa shape index (κ3) is 6.28. The van der Waals surface area contributed by atoms with Crippen molar-refractivity contribution in [1.82, 2.24) is 29.5 Å². The van der Waals surface area contributed by atoms with Crippen molar-refractivity contribution < 1.29 is 36.2 Å². The fourth-order valence-corrected chi connectivity index (χ4v) is 8.21. The Hall–Kier alpha value is -4.02. The lowest BCUT2D eigenvalue weighted by atomic mass is 9.93. The zero-order valence-corrected chi connectivity index (χ0v) is 29.2. The predicted molar refractivity (Wildman–Crippen MR) is 178 cm³/mol. The first-order chi connectivity index (χ1) is 24.2. The molecule has 0 saturated carbocycles. The van der Waals surface area contributed by atoms with Gasteiger partial charge in [0.1, 0.15) is 12.4 Å². The molecule has 1 amide bonds. The van der Waals surface area contributed by atoms with Gasteiger partial charge in [0.15, 0.2) is 11.5 Å². The highest BCUT2D eigenvalue weighted by molar-refractivity contribution is 6.31. The number of rotatable bonds is 6. The molecule has 4 aliphatic rings. The minimum Gasteiger partial charge on any atom is -0.461 e. The Balaban J connectivity index is 1.28. The molecule has 274 valence electrons. The average molecular weight is 737 g/mol. The van der Waals surface area contributed by atoms with Crippen LogP contribution in [0.3, 0.4) is 0 Å². The van der Waals surface area contributed by atoms with Crippen LogP contribution in [0, 0.1) is 12.7 Å². The zero-order chi connectivity index (χ0) is 36.4. The summed E-state index contributed by atoms with van der Waals surface area (Å²) in [6.07, 6.45) is -3.17. The molecule has 2 fully saturated rings. The van der Waals surface area contributed by atoms with Crippen LogP contribution < -0.4 is 15.4 Å². The van der Waals surface area contributed by atoms with Gasteiger partial charge in [-0.2, -0.15) is 28.2 Å². The molecule has 2 saturated heterocycles. The molecule has 7 rings (SSSR count). The van der Waals surface area contributed by atoms with Gasteiger partial charge < -0.3 is 25.0 Å². The number of anilines is 2. The molecule has 0 bridgehead atoms. The van der Waals surface area contributed by atoms with Crippen molar-refractivity contribution in [2.45, 2.75) is 76.5 Å². The summed E-state index contributed by atoms with van der Waals surface area (Å²) in [6.45, 7) is 4.45. The number of nitrogen functional groups attached to an aromatic ring is 1. The van der Waals surface area contributed by atoms with Gasteiger partial charge in [-0.1, -0.05) is 11.6 Å². The number of alkyl halides is 3. The Labute approximate surface area is 296 Å². The van der Waals surface area contributed by atoms with Crippen LogP contribution >= 0.6 is 11.6 Å². The van der Waals surface area contributed by atoms with Crippen LogP contribution in [-0.2, 0) is 37.0 Å². The van der Waals surface area contributed by atoms with Crippen molar-refractivity contribution in [3.8, 4) is 6.01 Å². The summed E-state index contributed by atoms with van der Waals surface area (Å²) in [5.74, 6) is -1.04. The average Bonchev–Trinajstić information content (AvgIpc) is 3.67. The minimum atomic E-state index is -4.99. The molecule has 11 nitrogen and oxygen atoms in total. The Kier molecular flexibility index (Phi) is 9.15. The van der Waals surface area contributed by atoms with Gasteiger partial charge in [0.05, 0.1) is 58.8 Å². The van der Waals surface area contributed by atoms with Gasteiger partial charge in [-0.15, -0.1) is 0 Å². The van der Waals surface area contributed by atoms with Crippen molar-refractivity contribution in [2.24, 2.45) is 0 Å². The number of halogens is 6. The summed E-state index contributed by atoms with van der Waals surface area (Å²) in [7, 11) is 3.32. The van der Waals surface area contributed by atoms with Gasteiger partial charge in [0.25, 0.3) is 5.91 Å². The Morgan fingerprint density at radius 2 is 2.00 bits per heavy atom. The molecule has 1 aromatic carbocycles. The number of ether oxygens (including phenoxy) is 2. The number of amides is 1. The number of aryl methyl sites for hydroxylation is 1. The summed E-state index contributed by atoms with van der Waals surface area (Å²) < 4.78 is 86.0. The summed E-state index contributed by atoms with van der Waals surface area (Å²) in [5, 5.41) is 3.87. The lowest BCUT2D eigenvalue weighted by molar-refractivity contribution is -0.140. The highest BCUT2D eigenvalue weighted by Crippen LogP contribution is 2.47. The summed E-state index contributed by atoms with van der Waals surface area (Å²) in [5.41, 5.74) is 6.04. The van der Waals surface area contributed by atoms with Crippen molar-refractivity contribution >= 4 is 29.0 Å². The Bertz CT molecular complexity index is 1920. The van der Waals surface area contributed by atoms with E-state index in [1.807, 2.05) is 16.5 Å². The van der Waals surface area contributed by atoms with E-state index in [0.717, 1.165) is 36.7 Å². The van der Waals surface area contributed by atoms with Crippen LogP contribution in [0.15, 0.2) is 18.0 Å². The van der Waals surface area contributed by atoms with Gasteiger partial charge in [-0.3, -0.25) is 14.4 Å². The number of nitrogens with two attached hydrogens (primary N) is 1. The van der Waals surface area contributed by atoms with Gasteiger partial charge >= 0.3 is 12.2 Å². The number of carbonyl (C=O) groups excluding carboxylic acids is 1. The molecule has 6 heterocycles. The van der Waals surface area contributed by atoms with Crippen molar-refractivity contribution in [2.75, 3.05) is 51.0 Å². The smallest absolute Gasteiger partial charge is 0.418 e. The molecule has 2 atom stereocenters. The van der Waals surface area contributed by atoms with E-state index in [1.165, 1.54) is 4.90 Å². The van der Waals surface area contributed by atoms with Crippen molar-refractivity contribution in [1.29, 1.82) is 0 Å². The van der Waals surface area contributed by atoms with E-state index in [1.54, 1.807) is 14.1 Å². The topological polar surface area (TPSA) is 115 Å². The molecule has 4 aliphatic heterocycles. The number of nitrogens with zero attached hydrogens (tertiary/aromatic N) is 7. The maximum absolute atomic E-state index is 15.5. The van der Waals surface area contributed by atoms with Crippen LogP contribution in [0.25, 0.3) is 0 Å². The number of fused-ring (bicyclic) bond motifs is 3. The first-order valence-corrected chi connectivity index (χ1v) is 17.1. The normalized spacial score (nSPS) is 22.9. The number of benzene rings is 1. The van der Waals surface area contributed by atoms with E-state index in [9.17, 15) is 22.4 Å². The second-order valence-corrected chi connectivity index (χ2v) is 14.3. The highest BCUT2D eigenvalue weighted by atomic mass is 35.5. The molecular weight excluding hydrogens is 699 g/mol. The zero-order valence-electron chi connectivity index (χ0n) is 28.4. The lowest BCUT2D eigenvalue weighted by Gasteiger charge is -2.33. The van der Waals surface area contributed by atoms with Crippen LogP contribution in [0.2, 0.25) is 5.02 Å². The van der Waals surface area contributed by atoms with E-state index >= 15 is 4.39 Å². The second-order valence-electron chi connectivity index (χ2n) is 13.9. The third-order valence-corrected chi connectivity index (χ3v) is 10.7. The highest BCUT2D eigenvalue weighted by Gasteiger charge is 2.48. The molecular formula is C34H38ClF5N8O3. The molecule has 0 aliphatic carbocycles. The monoisotopic (exact) mass is 736 g/mol. The van der Waals surface area contributed by atoms with Crippen LogP contribution in [0.4, 0.5) is 33.5 Å². The summed E-state index contributed by atoms with van der Waals surface area (Å²) in [6, 6.07) is 0.733. The SMILES string of the molecule is Cc1c(C(=O)N(C)C)nn2c1CN(c1nc(OC[C@@]34CCCN3C/C(=C\F)C4)nc3c1CO[C@H](c1c(F)c(N)cc(Cl)c1C(F)(F)F)C3)CCC2. The largest absolute Gasteiger partial charge is 0.461 e. The first-order valence-electron chi connectivity index (χ1n) is 16.8. The quantitative estimate of drug-likeness (QED) is 0.249. The molecule has 2 N–H and O–H groups in total. The van der Waals surface area contributed by atoms with Crippen LogP contribution in [0.1, 0.15) is 75.9 Å². The third-order valence-electron chi connectivity index (χ3n) is 10.4. The van der Waals surface area contributed by atoms with Gasteiger partial charge in [-0.05, 0) is 50.8 Å². The molecule has 0 spiro atoms. The molecule has 0 unspecified atom stereocenters. The van der Waals surface area contributed by atoms with Crippen LogP contribution in [0.5, 0.6) is 6.01 Å². The van der Waals surface area contributed by atoms with Gasteiger partial charge in [0, 0.05) is 56.8 Å². The Morgan fingerprint density at radius 3 is 2.73 bits per heavy atom. The number of hydrogen-bond donors (Lipinski definition) is 1. The minimum absolute atomic E-state index is 0.0108. The fourth-order valence-electron chi connectivity index (χ4n) is 7.89. The molecule has 3 aromatic rings. The van der Waals surface area contributed by atoms with Crippen LogP contribution in [-0.4, -0.2) is 81.3 Å². The van der Waals surface area contributed by atoms with Gasteiger partial charge in [-0.25, -0.2) is 8.78 Å². The van der Waals surface area contributed by atoms with E-state index < -0.39 is 45.5 Å². The Morgan fingerprint density at radius 1 is 1.22 bits per heavy atom. The summed E-state index contributed by atoms with van der Waals surface area (Å²) in [4.78, 5) is 28.1. The lowest BCUT2D eigenvalue weighted by Crippen LogP contribution is -2.43. The molecule has 2 aromatic heterocycles. The number of hydrogen-bond acceptors (Lipinski definition) is 9. The molecule has 0 radical (unpaired) electrons. The van der Waals surface area contributed by atoms with E-state index in [2.05, 4.69) is 15.0 Å². The molecule has 51 heavy (non-hydrogen) atoms. The summed E-state index contributed by atoms with van der Waals surface area (Å²) >= 11 is 6.00. The second kappa shape index (κ2) is 13.2. The number of carbonyl (C=O) groups is 1. The van der Waals surface area contributed by atoms with E-state index in [4.69, 9.17) is 31.8 Å². The predicted octanol–water partition coefficient (Wildman–Crippen LogP) is 5.77.